The van der Waals surface area contributed by atoms with E-state index in [0.717, 1.165) is 51.6 Å². The van der Waals surface area contributed by atoms with Crippen molar-refractivity contribution in [2.24, 2.45) is 5.92 Å². The molecule has 1 unspecified atom stereocenters. The quantitative estimate of drug-likeness (QED) is 0.692. The van der Waals surface area contributed by atoms with Gasteiger partial charge in [0.1, 0.15) is 5.82 Å². The fourth-order valence-electron chi connectivity index (χ4n) is 3.47. The molecule has 1 aromatic rings. The van der Waals surface area contributed by atoms with Gasteiger partial charge in [0, 0.05) is 25.7 Å². The molecule has 1 saturated heterocycles. The molecule has 1 aliphatic heterocycles. The topological polar surface area (TPSA) is 69.7 Å². The van der Waals surface area contributed by atoms with Crippen molar-refractivity contribution >= 4 is 17.5 Å². The smallest absolute Gasteiger partial charge is 0.319 e. The van der Waals surface area contributed by atoms with E-state index in [1.54, 1.807) is 6.20 Å². The Bertz CT molecular complexity index is 554. The monoisotopic (exact) mass is 377 g/mol. The molecule has 0 aliphatic carbocycles. The Morgan fingerprint density at radius 1 is 1.26 bits per heavy atom. The van der Waals surface area contributed by atoms with Gasteiger partial charge in [-0.25, -0.2) is 9.78 Å². The molecule has 2 heterocycles. The predicted molar refractivity (Wildman–Crippen MR) is 110 cm³/mol. The van der Waals surface area contributed by atoms with Crippen molar-refractivity contribution in [3.05, 3.63) is 18.3 Å². The van der Waals surface area contributed by atoms with Crippen molar-refractivity contribution in [1.82, 2.24) is 15.2 Å². The number of nitrogens with zero attached hydrogens (tertiary/aromatic N) is 3. The van der Waals surface area contributed by atoms with Gasteiger partial charge < -0.3 is 20.3 Å². The predicted octanol–water partition coefficient (Wildman–Crippen LogP) is 2.80. The molecular formula is C20H35N5O2. The van der Waals surface area contributed by atoms with E-state index in [9.17, 15) is 4.79 Å². The van der Waals surface area contributed by atoms with Gasteiger partial charge in [0.2, 0.25) is 0 Å². The molecule has 7 heteroatoms. The van der Waals surface area contributed by atoms with E-state index in [1.807, 2.05) is 12.1 Å². The summed E-state index contributed by atoms with van der Waals surface area (Å²) in [4.78, 5) is 21.3. The van der Waals surface area contributed by atoms with Crippen molar-refractivity contribution in [2.45, 2.75) is 40.2 Å². The average molecular weight is 378 g/mol. The van der Waals surface area contributed by atoms with Crippen LogP contribution in [-0.4, -0.2) is 67.9 Å². The maximum absolute atomic E-state index is 12.3. The van der Waals surface area contributed by atoms with Crippen molar-refractivity contribution < 1.29 is 9.53 Å². The van der Waals surface area contributed by atoms with Crippen LogP contribution in [0.5, 0.6) is 0 Å². The van der Waals surface area contributed by atoms with Crippen LogP contribution >= 0.6 is 0 Å². The summed E-state index contributed by atoms with van der Waals surface area (Å²) in [7, 11) is 0. The van der Waals surface area contributed by atoms with Gasteiger partial charge >= 0.3 is 6.03 Å². The first kappa shape index (κ1) is 21.4. The van der Waals surface area contributed by atoms with Crippen LogP contribution in [0.25, 0.3) is 0 Å². The van der Waals surface area contributed by atoms with E-state index in [0.29, 0.717) is 24.2 Å². The molecule has 1 aliphatic rings. The Kier molecular flexibility index (Phi) is 8.81. The number of hydrogen-bond donors (Lipinski definition) is 2. The third-order valence-electron chi connectivity index (χ3n) is 4.91. The Morgan fingerprint density at radius 3 is 2.52 bits per heavy atom. The Labute approximate surface area is 163 Å². The van der Waals surface area contributed by atoms with Crippen molar-refractivity contribution in [2.75, 3.05) is 56.2 Å². The second kappa shape index (κ2) is 11.1. The zero-order valence-electron chi connectivity index (χ0n) is 17.2. The van der Waals surface area contributed by atoms with Gasteiger partial charge in [-0.2, -0.15) is 0 Å². The van der Waals surface area contributed by atoms with Crippen LogP contribution in [0.3, 0.4) is 0 Å². The molecule has 0 aromatic carbocycles. The number of carbonyl (C=O) groups excluding carboxylic acids is 1. The number of likely N-dealkylation sites (N-methyl/N-ethyl adjacent to an activating group) is 1. The molecule has 152 valence electrons. The van der Waals surface area contributed by atoms with Crippen LogP contribution in [0.1, 0.15) is 34.1 Å². The number of urea groups is 1. The summed E-state index contributed by atoms with van der Waals surface area (Å²) in [6, 6.07) is 4.01. The summed E-state index contributed by atoms with van der Waals surface area (Å²) in [6.45, 7) is 14.6. The first-order valence-corrected chi connectivity index (χ1v) is 10.1. The number of anilines is 2. The van der Waals surface area contributed by atoms with Gasteiger partial charge in [-0.1, -0.05) is 27.7 Å². The summed E-state index contributed by atoms with van der Waals surface area (Å²) in [5, 5.41) is 5.90. The van der Waals surface area contributed by atoms with Gasteiger partial charge in [0.05, 0.1) is 25.1 Å². The minimum Gasteiger partial charge on any atom is -0.378 e. The van der Waals surface area contributed by atoms with E-state index in [1.165, 1.54) is 0 Å². The number of carbonyl (C=O) groups is 1. The van der Waals surface area contributed by atoms with Crippen molar-refractivity contribution in [3.8, 4) is 0 Å². The minimum atomic E-state index is -0.183. The molecule has 2 rings (SSSR count). The maximum atomic E-state index is 12.3. The van der Waals surface area contributed by atoms with E-state index in [4.69, 9.17) is 4.74 Å². The summed E-state index contributed by atoms with van der Waals surface area (Å²) in [6.07, 6.45) is 2.78. The number of pyridine rings is 1. The molecule has 0 saturated carbocycles. The minimum absolute atomic E-state index is 0.183. The van der Waals surface area contributed by atoms with Gasteiger partial charge in [-0.05, 0) is 37.6 Å². The van der Waals surface area contributed by atoms with Crippen LogP contribution in [-0.2, 0) is 4.74 Å². The number of amides is 2. The van der Waals surface area contributed by atoms with Crippen molar-refractivity contribution in [3.63, 3.8) is 0 Å². The van der Waals surface area contributed by atoms with Crippen LogP contribution in [0.4, 0.5) is 16.3 Å². The summed E-state index contributed by atoms with van der Waals surface area (Å²) < 4.78 is 5.36. The highest BCUT2D eigenvalue weighted by atomic mass is 16.5. The number of rotatable bonds is 9. The van der Waals surface area contributed by atoms with Crippen LogP contribution in [0, 0.1) is 5.92 Å². The summed E-state index contributed by atoms with van der Waals surface area (Å²) >= 11 is 0. The fourth-order valence-corrected chi connectivity index (χ4v) is 3.47. The van der Waals surface area contributed by atoms with Gasteiger partial charge in [-0.15, -0.1) is 0 Å². The second-order valence-electron chi connectivity index (χ2n) is 7.34. The summed E-state index contributed by atoms with van der Waals surface area (Å²) in [5.41, 5.74) is 0.702. The van der Waals surface area contributed by atoms with Gasteiger partial charge in [-0.3, -0.25) is 4.90 Å². The third-order valence-corrected chi connectivity index (χ3v) is 4.91. The number of aromatic nitrogens is 1. The Morgan fingerprint density at radius 2 is 1.96 bits per heavy atom. The molecule has 1 atom stereocenters. The van der Waals surface area contributed by atoms with Crippen molar-refractivity contribution in [1.29, 1.82) is 0 Å². The number of hydrogen-bond acceptors (Lipinski definition) is 5. The lowest BCUT2D eigenvalue weighted by Crippen LogP contribution is -2.45. The zero-order chi connectivity index (χ0) is 19.6. The Hall–Kier alpha value is -1.86. The zero-order valence-corrected chi connectivity index (χ0v) is 17.2. The number of ether oxygens (including phenoxy) is 1. The lowest BCUT2D eigenvalue weighted by molar-refractivity contribution is 0.122. The van der Waals surface area contributed by atoms with E-state index >= 15 is 0 Å². The Balaban J connectivity index is 1.84. The SMILES string of the molecule is CCN(CC)C(CNC(=O)Nc1ccc(N2CCOCC2)nc1)CC(C)C. The van der Waals surface area contributed by atoms with E-state index in [-0.39, 0.29) is 6.03 Å². The number of nitrogens with one attached hydrogen (secondary N) is 2. The molecule has 2 amide bonds. The highest BCUT2D eigenvalue weighted by Gasteiger charge is 2.18. The molecular weight excluding hydrogens is 342 g/mol. The third kappa shape index (κ3) is 6.99. The normalized spacial score (nSPS) is 15.9. The molecule has 2 N–H and O–H groups in total. The largest absolute Gasteiger partial charge is 0.378 e. The van der Waals surface area contributed by atoms with Gasteiger partial charge in [0.25, 0.3) is 0 Å². The lowest BCUT2D eigenvalue weighted by Gasteiger charge is -2.31. The molecule has 7 nitrogen and oxygen atoms in total. The first-order valence-electron chi connectivity index (χ1n) is 10.1. The van der Waals surface area contributed by atoms with Crippen LogP contribution in [0.15, 0.2) is 18.3 Å². The summed E-state index contributed by atoms with van der Waals surface area (Å²) in [5.74, 6) is 1.51. The highest BCUT2D eigenvalue weighted by Crippen LogP contribution is 2.15. The van der Waals surface area contributed by atoms with Crippen LogP contribution < -0.4 is 15.5 Å². The molecule has 27 heavy (non-hydrogen) atoms. The number of morpholine rings is 1. The van der Waals surface area contributed by atoms with Gasteiger partial charge in [0.15, 0.2) is 0 Å². The molecule has 1 aromatic heterocycles. The molecule has 0 bridgehead atoms. The lowest BCUT2D eigenvalue weighted by atomic mass is 10.0. The first-order chi connectivity index (χ1) is 13.0. The van der Waals surface area contributed by atoms with Crippen LogP contribution in [0.2, 0.25) is 0 Å². The average Bonchev–Trinajstić information content (AvgIpc) is 2.68. The molecule has 1 fully saturated rings. The molecule has 0 spiro atoms. The standard InChI is InChI=1S/C20H35N5O2/c1-5-24(6-2)18(13-16(3)4)15-22-20(26)23-17-7-8-19(21-14-17)25-9-11-27-12-10-25/h7-8,14,16,18H,5-6,9-13,15H2,1-4H3,(H2,22,23,26). The van der Waals surface area contributed by atoms with E-state index in [2.05, 4.69) is 53.1 Å². The highest BCUT2D eigenvalue weighted by molar-refractivity contribution is 5.89. The molecule has 0 radical (unpaired) electrons. The second-order valence-corrected chi connectivity index (χ2v) is 7.34. The maximum Gasteiger partial charge on any atom is 0.319 e. The fraction of sp³-hybridized carbons (Fsp3) is 0.700. The van der Waals surface area contributed by atoms with E-state index < -0.39 is 0 Å².